The Labute approximate surface area is 219 Å². The Morgan fingerprint density at radius 2 is 0.946 bits per heavy atom. The highest BCUT2D eigenvalue weighted by molar-refractivity contribution is 5.55. The van der Waals surface area contributed by atoms with Crippen molar-refractivity contribution in [3.63, 3.8) is 0 Å². The van der Waals surface area contributed by atoms with E-state index in [2.05, 4.69) is 64.6 Å². The zero-order chi connectivity index (χ0) is 25.5. The van der Waals surface area contributed by atoms with Crippen LogP contribution in [0.25, 0.3) is 22.8 Å². The standard InChI is InChI=1S/C33H32N4/c1-24-10-6-16-30(34-24)32-18-8-14-28(36-32)22-27(21-20-26-12-4-3-5-13-26)23-29-15-9-19-33(37-29)31-17-7-11-25(2)35-31/h3-19,27H,20-23H2,1-2H3. The summed E-state index contributed by atoms with van der Waals surface area (Å²) in [6.07, 6.45) is 3.87. The molecule has 0 fully saturated rings. The third-order valence-electron chi connectivity index (χ3n) is 6.59. The fraction of sp³-hybridized carbons (Fsp3) is 0.212. The van der Waals surface area contributed by atoms with Gasteiger partial charge in [0.15, 0.2) is 0 Å². The van der Waals surface area contributed by atoms with Gasteiger partial charge in [-0.15, -0.1) is 0 Å². The third-order valence-corrected chi connectivity index (χ3v) is 6.59. The normalized spacial score (nSPS) is 11.1. The van der Waals surface area contributed by atoms with Crippen molar-refractivity contribution in [1.29, 1.82) is 0 Å². The van der Waals surface area contributed by atoms with E-state index in [0.717, 1.165) is 71.2 Å². The molecule has 0 atom stereocenters. The molecule has 184 valence electrons. The Kier molecular flexibility index (Phi) is 7.75. The van der Waals surface area contributed by atoms with Crippen molar-refractivity contribution in [2.45, 2.75) is 39.5 Å². The van der Waals surface area contributed by atoms with Crippen molar-refractivity contribution >= 4 is 0 Å². The molecule has 4 aromatic heterocycles. The van der Waals surface area contributed by atoms with Gasteiger partial charge in [-0.3, -0.25) is 19.9 Å². The van der Waals surface area contributed by atoms with Crippen LogP contribution >= 0.6 is 0 Å². The third kappa shape index (κ3) is 6.73. The van der Waals surface area contributed by atoms with E-state index in [1.54, 1.807) is 0 Å². The first-order valence-corrected chi connectivity index (χ1v) is 13.0. The minimum Gasteiger partial charge on any atom is -0.251 e. The number of benzene rings is 1. The SMILES string of the molecule is Cc1cccc(-c2cccc(CC(CCc3ccccc3)Cc3cccc(-c4cccc(C)n4)n3)n2)n1. The quantitative estimate of drug-likeness (QED) is 0.221. The zero-order valence-corrected chi connectivity index (χ0v) is 21.5. The number of aromatic nitrogens is 4. The first kappa shape index (κ1) is 24.5. The fourth-order valence-corrected chi connectivity index (χ4v) is 4.73. The number of nitrogens with zero attached hydrogens (tertiary/aromatic N) is 4. The lowest BCUT2D eigenvalue weighted by Gasteiger charge is -2.17. The van der Waals surface area contributed by atoms with E-state index >= 15 is 0 Å². The lowest BCUT2D eigenvalue weighted by molar-refractivity contribution is 0.471. The van der Waals surface area contributed by atoms with Crippen LogP contribution in [0, 0.1) is 19.8 Å². The average Bonchev–Trinajstić information content (AvgIpc) is 2.93. The van der Waals surface area contributed by atoms with Crippen LogP contribution in [0.5, 0.6) is 0 Å². The van der Waals surface area contributed by atoms with Gasteiger partial charge in [0.2, 0.25) is 0 Å². The summed E-state index contributed by atoms with van der Waals surface area (Å²) in [6, 6.07) is 35.4. The van der Waals surface area contributed by atoms with Gasteiger partial charge in [-0.05, 0) is 99.5 Å². The van der Waals surface area contributed by atoms with Crippen molar-refractivity contribution in [3.8, 4) is 22.8 Å². The minimum atomic E-state index is 0.404. The van der Waals surface area contributed by atoms with Gasteiger partial charge in [-0.25, -0.2) is 0 Å². The van der Waals surface area contributed by atoms with Gasteiger partial charge >= 0.3 is 0 Å². The van der Waals surface area contributed by atoms with Crippen molar-refractivity contribution < 1.29 is 0 Å². The number of hydrogen-bond acceptors (Lipinski definition) is 4. The van der Waals surface area contributed by atoms with E-state index in [0.29, 0.717) is 5.92 Å². The fourth-order valence-electron chi connectivity index (χ4n) is 4.73. The summed E-state index contributed by atoms with van der Waals surface area (Å²) in [4.78, 5) is 19.4. The Morgan fingerprint density at radius 1 is 0.486 bits per heavy atom. The largest absolute Gasteiger partial charge is 0.251 e. The smallest absolute Gasteiger partial charge is 0.0889 e. The molecule has 5 rings (SSSR count). The summed E-state index contributed by atoms with van der Waals surface area (Å²) in [6.45, 7) is 4.03. The zero-order valence-electron chi connectivity index (χ0n) is 21.5. The monoisotopic (exact) mass is 484 g/mol. The van der Waals surface area contributed by atoms with Crippen LogP contribution in [0.3, 0.4) is 0 Å². The molecular formula is C33H32N4. The Balaban J connectivity index is 1.39. The van der Waals surface area contributed by atoms with Gasteiger partial charge in [0, 0.05) is 22.8 Å². The van der Waals surface area contributed by atoms with Gasteiger partial charge in [0.25, 0.3) is 0 Å². The Morgan fingerprint density at radius 3 is 1.43 bits per heavy atom. The van der Waals surface area contributed by atoms with Crippen LogP contribution in [0.2, 0.25) is 0 Å². The van der Waals surface area contributed by atoms with Gasteiger partial charge in [-0.1, -0.05) is 54.6 Å². The molecule has 0 saturated heterocycles. The van der Waals surface area contributed by atoms with Crippen LogP contribution in [0.4, 0.5) is 0 Å². The van der Waals surface area contributed by atoms with Crippen LogP contribution < -0.4 is 0 Å². The summed E-state index contributed by atoms with van der Waals surface area (Å²) >= 11 is 0. The van der Waals surface area contributed by atoms with Crippen LogP contribution in [-0.4, -0.2) is 19.9 Å². The Bertz CT molecular complexity index is 1370. The maximum absolute atomic E-state index is 5.00. The van der Waals surface area contributed by atoms with Crippen LogP contribution in [0.15, 0.2) is 103 Å². The maximum Gasteiger partial charge on any atom is 0.0889 e. The van der Waals surface area contributed by atoms with E-state index < -0.39 is 0 Å². The highest BCUT2D eigenvalue weighted by Gasteiger charge is 2.15. The molecular weight excluding hydrogens is 452 g/mol. The number of aryl methyl sites for hydroxylation is 3. The molecule has 0 N–H and O–H groups in total. The molecule has 0 saturated carbocycles. The second-order valence-corrected chi connectivity index (χ2v) is 9.66. The van der Waals surface area contributed by atoms with Crippen LogP contribution in [-0.2, 0) is 19.3 Å². The lowest BCUT2D eigenvalue weighted by Crippen LogP contribution is -2.12. The first-order chi connectivity index (χ1) is 18.1. The topological polar surface area (TPSA) is 51.6 Å². The Hall–Kier alpha value is -4.18. The molecule has 0 spiro atoms. The van der Waals surface area contributed by atoms with E-state index in [-0.39, 0.29) is 0 Å². The van der Waals surface area contributed by atoms with Gasteiger partial charge in [0.05, 0.1) is 22.8 Å². The number of pyridine rings is 4. The first-order valence-electron chi connectivity index (χ1n) is 13.0. The molecule has 0 amide bonds. The molecule has 0 unspecified atom stereocenters. The van der Waals surface area contributed by atoms with E-state index in [1.807, 2.05) is 62.4 Å². The van der Waals surface area contributed by atoms with Gasteiger partial charge < -0.3 is 0 Å². The van der Waals surface area contributed by atoms with Gasteiger partial charge in [0.1, 0.15) is 0 Å². The van der Waals surface area contributed by atoms with Crippen molar-refractivity contribution in [2.24, 2.45) is 5.92 Å². The predicted molar refractivity (Wildman–Crippen MR) is 150 cm³/mol. The predicted octanol–water partition coefficient (Wildman–Crippen LogP) is 7.25. The highest BCUT2D eigenvalue weighted by Crippen LogP contribution is 2.23. The molecule has 0 aliphatic carbocycles. The molecule has 0 aliphatic heterocycles. The average molecular weight is 485 g/mol. The van der Waals surface area contributed by atoms with Crippen molar-refractivity contribution in [2.75, 3.05) is 0 Å². The van der Waals surface area contributed by atoms with E-state index in [9.17, 15) is 0 Å². The van der Waals surface area contributed by atoms with Crippen LogP contribution in [0.1, 0.15) is 34.8 Å². The second-order valence-electron chi connectivity index (χ2n) is 9.66. The molecule has 1 aromatic carbocycles. The minimum absolute atomic E-state index is 0.404. The van der Waals surface area contributed by atoms with Gasteiger partial charge in [-0.2, -0.15) is 0 Å². The second kappa shape index (κ2) is 11.7. The molecule has 0 aliphatic rings. The molecule has 4 heterocycles. The number of rotatable bonds is 9. The molecule has 5 aromatic rings. The summed E-state index contributed by atoms with van der Waals surface area (Å²) in [5.74, 6) is 0.404. The summed E-state index contributed by atoms with van der Waals surface area (Å²) in [5.41, 5.74) is 9.24. The summed E-state index contributed by atoms with van der Waals surface area (Å²) in [7, 11) is 0. The van der Waals surface area contributed by atoms with E-state index in [1.165, 1.54) is 5.56 Å². The lowest BCUT2D eigenvalue weighted by atomic mass is 9.90. The maximum atomic E-state index is 5.00. The number of hydrogen-bond donors (Lipinski definition) is 0. The molecule has 37 heavy (non-hydrogen) atoms. The molecule has 4 nitrogen and oxygen atoms in total. The highest BCUT2D eigenvalue weighted by atomic mass is 14.8. The molecule has 4 heteroatoms. The summed E-state index contributed by atoms with van der Waals surface area (Å²) < 4.78 is 0. The summed E-state index contributed by atoms with van der Waals surface area (Å²) in [5, 5.41) is 0. The molecule has 0 radical (unpaired) electrons. The van der Waals surface area contributed by atoms with Crippen molar-refractivity contribution in [3.05, 3.63) is 131 Å². The van der Waals surface area contributed by atoms with E-state index in [4.69, 9.17) is 9.97 Å². The van der Waals surface area contributed by atoms with Crippen molar-refractivity contribution in [1.82, 2.24) is 19.9 Å². The molecule has 0 bridgehead atoms.